The van der Waals surface area contributed by atoms with Crippen LogP contribution in [0.25, 0.3) is 0 Å². The minimum atomic E-state index is -0.478. The van der Waals surface area contributed by atoms with Gasteiger partial charge in [-0.15, -0.1) is 11.3 Å². The first kappa shape index (κ1) is 17.7. The Morgan fingerprint density at radius 3 is 2.48 bits per heavy atom. The van der Waals surface area contributed by atoms with E-state index in [-0.39, 0.29) is 17.6 Å². The number of rotatable bonds is 4. The summed E-state index contributed by atoms with van der Waals surface area (Å²) in [7, 11) is 2.96. The molecule has 6 nitrogen and oxygen atoms in total. The molecule has 0 aliphatic heterocycles. The van der Waals surface area contributed by atoms with Crippen molar-refractivity contribution in [2.75, 3.05) is 0 Å². The Morgan fingerprint density at radius 1 is 1.20 bits per heavy atom. The molecule has 3 rings (SSSR count). The summed E-state index contributed by atoms with van der Waals surface area (Å²) in [5, 5.41) is 0. The highest BCUT2D eigenvalue weighted by Gasteiger charge is 2.29. The maximum atomic E-state index is 13.2. The lowest BCUT2D eigenvalue weighted by Crippen LogP contribution is -2.44. The van der Waals surface area contributed by atoms with Crippen molar-refractivity contribution in [1.29, 1.82) is 0 Å². The van der Waals surface area contributed by atoms with Gasteiger partial charge in [-0.05, 0) is 31.9 Å². The number of carbonyl (C=O) groups is 1. The minimum Gasteiger partial charge on any atom is -0.329 e. The van der Waals surface area contributed by atoms with E-state index in [1.54, 1.807) is 11.3 Å². The number of hydrogen-bond acceptors (Lipinski definition) is 4. The second-order valence-corrected chi connectivity index (χ2v) is 8.02. The first-order chi connectivity index (χ1) is 11.9. The highest BCUT2D eigenvalue weighted by molar-refractivity contribution is 7.11. The Morgan fingerprint density at radius 2 is 1.88 bits per heavy atom. The van der Waals surface area contributed by atoms with Crippen LogP contribution in [-0.4, -0.2) is 26.0 Å². The molecular formula is C18H23N3O3S. The van der Waals surface area contributed by atoms with Gasteiger partial charge in [-0.25, -0.2) is 4.79 Å². The zero-order valence-electron chi connectivity index (χ0n) is 14.8. The average Bonchev–Trinajstić information content (AvgIpc) is 3.25. The molecule has 0 bridgehead atoms. The molecule has 0 N–H and O–H groups in total. The summed E-state index contributed by atoms with van der Waals surface area (Å²) < 4.78 is 2.28. The van der Waals surface area contributed by atoms with Gasteiger partial charge >= 0.3 is 5.69 Å². The van der Waals surface area contributed by atoms with E-state index in [1.807, 2.05) is 24.0 Å². The molecule has 2 aromatic heterocycles. The lowest BCUT2D eigenvalue weighted by molar-refractivity contribution is 0.0654. The molecule has 0 aromatic carbocycles. The monoisotopic (exact) mass is 361 g/mol. The van der Waals surface area contributed by atoms with E-state index in [9.17, 15) is 14.4 Å². The molecule has 0 spiro atoms. The maximum absolute atomic E-state index is 13.2. The standard InChI is InChI=1S/C18H23N3O3S/c1-12-8-9-14(25-12)11-21(13-6-4-5-7-13)17(23)15-10-16(22)20(3)18(24)19(15)2/h8-10,13H,4-7,11H2,1-3H3. The van der Waals surface area contributed by atoms with Gasteiger partial charge in [0.2, 0.25) is 0 Å². The van der Waals surface area contributed by atoms with E-state index < -0.39 is 11.2 Å². The zero-order chi connectivity index (χ0) is 18.1. The van der Waals surface area contributed by atoms with Crippen molar-refractivity contribution in [3.05, 3.63) is 54.5 Å². The van der Waals surface area contributed by atoms with E-state index >= 15 is 0 Å². The van der Waals surface area contributed by atoms with Gasteiger partial charge in [-0.3, -0.25) is 18.7 Å². The van der Waals surface area contributed by atoms with Gasteiger partial charge in [-0.2, -0.15) is 0 Å². The number of aryl methyl sites for hydroxylation is 1. The molecule has 1 amide bonds. The quantitative estimate of drug-likeness (QED) is 0.837. The molecular weight excluding hydrogens is 338 g/mol. The topological polar surface area (TPSA) is 64.3 Å². The van der Waals surface area contributed by atoms with Crippen LogP contribution in [0.2, 0.25) is 0 Å². The molecule has 25 heavy (non-hydrogen) atoms. The van der Waals surface area contributed by atoms with Crippen LogP contribution in [-0.2, 0) is 20.6 Å². The molecule has 1 aliphatic carbocycles. The molecule has 7 heteroatoms. The predicted molar refractivity (Wildman–Crippen MR) is 98.1 cm³/mol. The van der Waals surface area contributed by atoms with Crippen LogP contribution in [0, 0.1) is 6.92 Å². The third-order valence-electron chi connectivity index (χ3n) is 4.89. The summed E-state index contributed by atoms with van der Waals surface area (Å²) >= 11 is 1.67. The molecule has 2 aromatic rings. The first-order valence-electron chi connectivity index (χ1n) is 8.52. The van der Waals surface area contributed by atoms with E-state index in [2.05, 4.69) is 0 Å². The summed E-state index contributed by atoms with van der Waals surface area (Å²) in [5.41, 5.74) is -0.771. The fourth-order valence-corrected chi connectivity index (χ4v) is 4.30. The van der Waals surface area contributed by atoms with E-state index in [0.29, 0.717) is 6.54 Å². The van der Waals surface area contributed by atoms with E-state index in [1.165, 1.54) is 29.6 Å². The summed E-state index contributed by atoms with van der Waals surface area (Å²) in [6.07, 6.45) is 4.14. The van der Waals surface area contributed by atoms with Crippen LogP contribution in [0.4, 0.5) is 0 Å². The molecule has 2 heterocycles. The Kier molecular flexibility index (Phi) is 4.94. The molecule has 1 saturated carbocycles. The fraction of sp³-hybridized carbons (Fsp3) is 0.500. The van der Waals surface area contributed by atoms with Crippen LogP contribution < -0.4 is 11.2 Å². The lowest BCUT2D eigenvalue weighted by atomic mass is 10.2. The van der Waals surface area contributed by atoms with Crippen LogP contribution >= 0.6 is 11.3 Å². The summed E-state index contributed by atoms with van der Waals surface area (Å²) in [6.45, 7) is 2.56. The third-order valence-corrected chi connectivity index (χ3v) is 5.88. The number of hydrogen-bond donors (Lipinski definition) is 0. The largest absolute Gasteiger partial charge is 0.331 e. The number of amides is 1. The second-order valence-electron chi connectivity index (χ2n) is 6.65. The smallest absolute Gasteiger partial charge is 0.329 e. The Balaban J connectivity index is 1.99. The normalized spacial score (nSPS) is 14.8. The van der Waals surface area contributed by atoms with Gasteiger partial charge in [0.25, 0.3) is 11.5 Å². The number of carbonyl (C=O) groups excluding carboxylic acids is 1. The minimum absolute atomic E-state index is 0.160. The maximum Gasteiger partial charge on any atom is 0.331 e. The average molecular weight is 361 g/mol. The van der Waals surface area contributed by atoms with E-state index in [0.717, 1.165) is 35.1 Å². The van der Waals surface area contributed by atoms with Crippen molar-refractivity contribution in [3.63, 3.8) is 0 Å². The van der Waals surface area contributed by atoms with E-state index in [4.69, 9.17) is 0 Å². The molecule has 0 saturated heterocycles. The first-order valence-corrected chi connectivity index (χ1v) is 9.33. The predicted octanol–water partition coefficient (Wildman–Crippen LogP) is 2.04. The van der Waals surface area contributed by atoms with Crippen LogP contribution in [0.5, 0.6) is 0 Å². The molecule has 1 fully saturated rings. The van der Waals surface area contributed by atoms with Gasteiger partial charge in [0.1, 0.15) is 5.69 Å². The van der Waals surface area contributed by atoms with Gasteiger partial charge in [0.15, 0.2) is 0 Å². The Bertz CT molecular complexity index is 903. The van der Waals surface area contributed by atoms with Gasteiger partial charge in [0, 0.05) is 36.0 Å². The molecule has 134 valence electrons. The number of aromatic nitrogens is 2. The summed E-state index contributed by atoms with van der Waals surface area (Å²) in [5.74, 6) is -0.241. The Hall–Kier alpha value is -2.15. The van der Waals surface area contributed by atoms with Gasteiger partial charge < -0.3 is 4.90 Å². The van der Waals surface area contributed by atoms with Crippen LogP contribution in [0.15, 0.2) is 27.8 Å². The van der Waals surface area contributed by atoms with Crippen molar-refractivity contribution < 1.29 is 4.79 Å². The third kappa shape index (κ3) is 3.46. The number of nitrogens with zero attached hydrogens (tertiary/aromatic N) is 3. The molecule has 1 aliphatic rings. The molecule has 0 atom stereocenters. The van der Waals surface area contributed by atoms with Crippen molar-refractivity contribution in [2.45, 2.75) is 45.2 Å². The van der Waals surface area contributed by atoms with Crippen molar-refractivity contribution in [3.8, 4) is 0 Å². The van der Waals surface area contributed by atoms with Crippen LogP contribution in [0.3, 0.4) is 0 Å². The lowest BCUT2D eigenvalue weighted by Gasteiger charge is -2.29. The van der Waals surface area contributed by atoms with Crippen molar-refractivity contribution in [2.24, 2.45) is 14.1 Å². The van der Waals surface area contributed by atoms with Crippen molar-refractivity contribution >= 4 is 17.2 Å². The van der Waals surface area contributed by atoms with Crippen molar-refractivity contribution in [1.82, 2.24) is 14.0 Å². The number of thiophene rings is 1. The fourth-order valence-electron chi connectivity index (χ4n) is 3.41. The SMILES string of the molecule is Cc1ccc(CN(C(=O)c2cc(=O)n(C)c(=O)n2C)C2CCCC2)s1. The zero-order valence-corrected chi connectivity index (χ0v) is 15.6. The summed E-state index contributed by atoms with van der Waals surface area (Å²) in [6, 6.07) is 5.52. The molecule has 0 unspecified atom stereocenters. The summed E-state index contributed by atoms with van der Waals surface area (Å²) in [4.78, 5) is 41.5. The van der Waals surface area contributed by atoms with Crippen LogP contribution in [0.1, 0.15) is 45.9 Å². The van der Waals surface area contributed by atoms with Gasteiger partial charge in [-0.1, -0.05) is 12.8 Å². The van der Waals surface area contributed by atoms with Gasteiger partial charge in [0.05, 0.1) is 6.54 Å². The Labute approximate surface area is 150 Å². The highest BCUT2D eigenvalue weighted by Crippen LogP contribution is 2.28. The highest BCUT2D eigenvalue weighted by atomic mass is 32.1. The molecule has 0 radical (unpaired) electrons. The second kappa shape index (κ2) is 7.00.